The van der Waals surface area contributed by atoms with E-state index in [0.717, 1.165) is 31.5 Å². The summed E-state index contributed by atoms with van der Waals surface area (Å²) in [4.78, 5) is 12.7. The average molecular weight is 385 g/mol. The molecular weight excluding hydrogens is 358 g/mol. The van der Waals surface area contributed by atoms with Crippen molar-refractivity contribution in [3.05, 3.63) is 47.5 Å². The van der Waals surface area contributed by atoms with Gasteiger partial charge in [-0.05, 0) is 56.3 Å². The second kappa shape index (κ2) is 9.43. The van der Waals surface area contributed by atoms with Crippen LogP contribution in [0.1, 0.15) is 28.8 Å². The number of carbonyl (C=O) groups excluding carboxylic acids is 1. The first-order valence-electron chi connectivity index (χ1n) is 9.39. The first-order chi connectivity index (χ1) is 13.7. The molecule has 0 aliphatic carbocycles. The fourth-order valence-electron chi connectivity index (χ4n) is 3.28. The highest BCUT2D eigenvalue weighted by Crippen LogP contribution is 2.36. The van der Waals surface area contributed by atoms with Crippen LogP contribution in [0.15, 0.2) is 36.4 Å². The molecule has 7 nitrogen and oxygen atoms in total. The second-order valence-electron chi connectivity index (χ2n) is 6.61. The molecule has 1 heterocycles. The minimum atomic E-state index is -0.121. The molecule has 4 N–H and O–H groups in total. The first kappa shape index (κ1) is 20.0. The van der Waals surface area contributed by atoms with Crippen molar-refractivity contribution in [2.45, 2.75) is 25.4 Å². The largest absolute Gasteiger partial charge is 0.496 e. The molecule has 0 spiro atoms. The smallest absolute Gasteiger partial charge is 0.251 e. The van der Waals surface area contributed by atoms with Crippen LogP contribution in [0.3, 0.4) is 0 Å². The molecule has 2 aromatic carbocycles. The molecule has 0 aromatic heterocycles. The van der Waals surface area contributed by atoms with Crippen LogP contribution >= 0.6 is 0 Å². The molecule has 0 bridgehead atoms. The van der Waals surface area contributed by atoms with Crippen LogP contribution < -0.4 is 30.6 Å². The lowest BCUT2D eigenvalue weighted by Gasteiger charge is -2.23. The Morgan fingerprint density at radius 3 is 2.46 bits per heavy atom. The van der Waals surface area contributed by atoms with E-state index >= 15 is 0 Å². The van der Waals surface area contributed by atoms with E-state index in [4.69, 9.17) is 19.9 Å². The number of benzene rings is 2. The fourth-order valence-corrected chi connectivity index (χ4v) is 3.28. The number of methoxy groups -OCH3 is 2. The molecule has 0 radical (unpaired) electrons. The van der Waals surface area contributed by atoms with E-state index in [1.165, 1.54) is 0 Å². The second-order valence-corrected chi connectivity index (χ2v) is 6.61. The van der Waals surface area contributed by atoms with E-state index in [1.807, 2.05) is 18.2 Å². The maximum absolute atomic E-state index is 12.7. The number of hydrogen-bond acceptors (Lipinski definition) is 6. The first-order valence-corrected chi connectivity index (χ1v) is 9.39. The Bertz CT molecular complexity index is 819. The van der Waals surface area contributed by atoms with Crippen molar-refractivity contribution in [2.75, 3.05) is 27.3 Å². The van der Waals surface area contributed by atoms with E-state index in [9.17, 15) is 4.79 Å². The molecule has 1 aliphatic heterocycles. The zero-order chi connectivity index (χ0) is 19.9. The summed E-state index contributed by atoms with van der Waals surface area (Å²) in [5, 5.41) is 6.38. The topological polar surface area (TPSA) is 94.8 Å². The van der Waals surface area contributed by atoms with Crippen molar-refractivity contribution < 1.29 is 19.0 Å². The standard InChI is InChI=1S/C21H27N3O4/c1-26-17-4-3-5-18(16(17)13-22)28-20-12-14(6-7-19(20)27-2)21(25)24-15-8-10-23-11-9-15/h3-7,12,15,23H,8-11,13,22H2,1-2H3,(H,24,25). The van der Waals surface area contributed by atoms with Gasteiger partial charge in [0.25, 0.3) is 5.91 Å². The number of nitrogens with two attached hydrogens (primary N) is 1. The Hall–Kier alpha value is -2.77. The van der Waals surface area contributed by atoms with E-state index in [-0.39, 0.29) is 18.5 Å². The van der Waals surface area contributed by atoms with Gasteiger partial charge < -0.3 is 30.6 Å². The highest BCUT2D eigenvalue weighted by atomic mass is 16.5. The van der Waals surface area contributed by atoms with Gasteiger partial charge in [0.05, 0.1) is 19.8 Å². The summed E-state index contributed by atoms with van der Waals surface area (Å²) in [7, 11) is 3.15. The van der Waals surface area contributed by atoms with Gasteiger partial charge in [-0.3, -0.25) is 4.79 Å². The quantitative estimate of drug-likeness (QED) is 0.678. The molecule has 0 atom stereocenters. The van der Waals surface area contributed by atoms with E-state index in [0.29, 0.717) is 28.6 Å². The number of hydrogen-bond donors (Lipinski definition) is 3. The highest BCUT2D eigenvalue weighted by molar-refractivity contribution is 5.95. The van der Waals surface area contributed by atoms with Gasteiger partial charge in [0.2, 0.25) is 0 Å². The SMILES string of the molecule is COc1ccc(C(=O)NC2CCNCC2)cc1Oc1cccc(OC)c1CN. The number of amides is 1. The number of rotatable bonds is 7. The van der Waals surface area contributed by atoms with Crippen LogP contribution in [0, 0.1) is 0 Å². The van der Waals surface area contributed by atoms with Gasteiger partial charge in [-0.25, -0.2) is 0 Å². The molecule has 1 aliphatic rings. The lowest BCUT2D eigenvalue weighted by atomic mass is 10.1. The predicted octanol–water partition coefficient (Wildman–Crippen LogP) is 2.44. The summed E-state index contributed by atoms with van der Waals surface area (Å²) in [6, 6.07) is 10.8. The summed E-state index contributed by atoms with van der Waals surface area (Å²) >= 11 is 0. The van der Waals surface area contributed by atoms with Gasteiger partial charge in [-0.15, -0.1) is 0 Å². The Balaban J connectivity index is 1.84. The Morgan fingerprint density at radius 2 is 1.79 bits per heavy atom. The molecule has 2 aromatic rings. The fraction of sp³-hybridized carbons (Fsp3) is 0.381. The average Bonchev–Trinajstić information content (AvgIpc) is 2.74. The van der Waals surface area contributed by atoms with Crippen LogP contribution in [0.5, 0.6) is 23.0 Å². The number of piperidine rings is 1. The van der Waals surface area contributed by atoms with Crippen molar-refractivity contribution in [3.8, 4) is 23.0 Å². The monoisotopic (exact) mass is 385 g/mol. The van der Waals surface area contributed by atoms with Crippen LogP contribution in [0.2, 0.25) is 0 Å². The minimum Gasteiger partial charge on any atom is -0.496 e. The van der Waals surface area contributed by atoms with E-state index in [2.05, 4.69) is 10.6 Å². The van der Waals surface area contributed by atoms with Crippen molar-refractivity contribution in [1.29, 1.82) is 0 Å². The summed E-state index contributed by atoms with van der Waals surface area (Å²) in [5.41, 5.74) is 7.14. The van der Waals surface area contributed by atoms with Gasteiger partial charge in [0.1, 0.15) is 11.5 Å². The number of ether oxygens (including phenoxy) is 3. The molecule has 3 rings (SSSR count). The molecule has 0 unspecified atom stereocenters. The zero-order valence-electron chi connectivity index (χ0n) is 16.3. The maximum Gasteiger partial charge on any atom is 0.251 e. The van der Waals surface area contributed by atoms with Crippen molar-refractivity contribution in [2.24, 2.45) is 5.73 Å². The third kappa shape index (κ3) is 4.55. The predicted molar refractivity (Wildman–Crippen MR) is 107 cm³/mol. The highest BCUT2D eigenvalue weighted by Gasteiger charge is 2.19. The van der Waals surface area contributed by atoms with Gasteiger partial charge in [0, 0.05) is 18.2 Å². The summed E-state index contributed by atoms with van der Waals surface area (Å²) < 4.78 is 16.8. The molecule has 1 fully saturated rings. The lowest BCUT2D eigenvalue weighted by molar-refractivity contribution is 0.0929. The summed E-state index contributed by atoms with van der Waals surface area (Å²) in [5.74, 6) is 2.08. The molecule has 7 heteroatoms. The van der Waals surface area contributed by atoms with Gasteiger partial charge in [-0.2, -0.15) is 0 Å². The van der Waals surface area contributed by atoms with Gasteiger partial charge in [-0.1, -0.05) is 6.07 Å². The number of carbonyl (C=O) groups is 1. The van der Waals surface area contributed by atoms with Crippen LogP contribution in [0.25, 0.3) is 0 Å². The van der Waals surface area contributed by atoms with Crippen molar-refractivity contribution >= 4 is 5.91 Å². The van der Waals surface area contributed by atoms with Crippen molar-refractivity contribution in [1.82, 2.24) is 10.6 Å². The Morgan fingerprint density at radius 1 is 1.07 bits per heavy atom. The van der Waals surface area contributed by atoms with Gasteiger partial charge in [0.15, 0.2) is 11.5 Å². The third-order valence-corrected chi connectivity index (χ3v) is 4.83. The summed E-state index contributed by atoms with van der Waals surface area (Å²) in [6.07, 6.45) is 1.85. The molecule has 28 heavy (non-hydrogen) atoms. The number of nitrogens with one attached hydrogen (secondary N) is 2. The molecule has 0 saturated carbocycles. The zero-order valence-corrected chi connectivity index (χ0v) is 16.3. The van der Waals surface area contributed by atoms with Crippen LogP contribution in [-0.4, -0.2) is 39.3 Å². The molecular formula is C21H27N3O4. The molecule has 1 saturated heterocycles. The molecule has 150 valence electrons. The normalized spacial score (nSPS) is 14.4. The van der Waals surface area contributed by atoms with Gasteiger partial charge >= 0.3 is 0 Å². The summed E-state index contributed by atoms with van der Waals surface area (Å²) in [6.45, 7) is 2.09. The van der Waals surface area contributed by atoms with Crippen LogP contribution in [0.4, 0.5) is 0 Å². The van der Waals surface area contributed by atoms with Crippen LogP contribution in [-0.2, 0) is 6.54 Å². The third-order valence-electron chi connectivity index (χ3n) is 4.83. The van der Waals surface area contributed by atoms with E-state index in [1.54, 1.807) is 32.4 Å². The van der Waals surface area contributed by atoms with E-state index < -0.39 is 0 Å². The maximum atomic E-state index is 12.7. The Labute approximate surface area is 165 Å². The minimum absolute atomic E-state index is 0.121. The lowest BCUT2D eigenvalue weighted by Crippen LogP contribution is -2.42. The Kier molecular flexibility index (Phi) is 6.73. The van der Waals surface area contributed by atoms with Crippen molar-refractivity contribution in [3.63, 3.8) is 0 Å². The molecule has 1 amide bonds.